The standard InChI is InChI=1S/C17H19N5O.ClH/c1-12-14(10-19-22(12)11-13-6-3-2-4-7-13)15-20-16(21-23-15)17(18)8-5-9-17;/h2-4,6-7,10H,5,8-9,11,18H2,1H3;1H. The van der Waals surface area contributed by atoms with E-state index in [4.69, 9.17) is 10.3 Å². The number of rotatable bonds is 4. The SMILES string of the molecule is Cc1c(-c2nc(C3(N)CCC3)no2)cnn1Cc1ccccc1.Cl. The number of nitrogens with two attached hydrogens (primary N) is 1. The van der Waals surface area contributed by atoms with Gasteiger partial charge in [0.2, 0.25) is 0 Å². The highest BCUT2D eigenvalue weighted by molar-refractivity contribution is 5.85. The van der Waals surface area contributed by atoms with E-state index in [1.807, 2.05) is 29.8 Å². The Kier molecular flexibility index (Phi) is 4.43. The summed E-state index contributed by atoms with van der Waals surface area (Å²) in [6, 6.07) is 10.2. The third-order valence-electron chi connectivity index (χ3n) is 4.63. The average molecular weight is 346 g/mol. The maximum atomic E-state index is 6.26. The molecule has 126 valence electrons. The monoisotopic (exact) mass is 345 g/mol. The molecule has 1 aromatic carbocycles. The lowest BCUT2D eigenvalue weighted by molar-refractivity contribution is 0.229. The van der Waals surface area contributed by atoms with Crippen LogP contribution in [0.4, 0.5) is 0 Å². The zero-order chi connectivity index (χ0) is 15.9. The molecule has 2 heterocycles. The zero-order valence-electron chi connectivity index (χ0n) is 13.5. The van der Waals surface area contributed by atoms with Gasteiger partial charge in [0, 0.05) is 5.69 Å². The summed E-state index contributed by atoms with van der Waals surface area (Å²) in [6.07, 6.45) is 4.73. The minimum absolute atomic E-state index is 0. The van der Waals surface area contributed by atoms with Gasteiger partial charge in [0.1, 0.15) is 0 Å². The van der Waals surface area contributed by atoms with Crippen LogP contribution in [0.3, 0.4) is 0 Å². The molecular weight excluding hydrogens is 326 g/mol. The van der Waals surface area contributed by atoms with Gasteiger partial charge in [-0.05, 0) is 31.7 Å². The van der Waals surface area contributed by atoms with E-state index in [9.17, 15) is 0 Å². The Morgan fingerprint density at radius 2 is 2.00 bits per heavy atom. The molecule has 0 saturated heterocycles. The van der Waals surface area contributed by atoms with Crippen molar-refractivity contribution in [1.29, 1.82) is 0 Å². The Balaban J connectivity index is 0.00000169. The second-order valence-corrected chi connectivity index (χ2v) is 6.22. The van der Waals surface area contributed by atoms with E-state index in [0.717, 1.165) is 30.5 Å². The van der Waals surface area contributed by atoms with Crippen molar-refractivity contribution in [3.63, 3.8) is 0 Å². The minimum Gasteiger partial charge on any atom is -0.334 e. The predicted octanol–water partition coefficient (Wildman–Crippen LogP) is 3.05. The number of hydrogen-bond acceptors (Lipinski definition) is 5. The molecule has 2 N–H and O–H groups in total. The van der Waals surface area contributed by atoms with Crippen LogP contribution in [0, 0.1) is 6.92 Å². The molecule has 0 aliphatic heterocycles. The molecule has 1 aliphatic rings. The number of hydrogen-bond donors (Lipinski definition) is 1. The van der Waals surface area contributed by atoms with Crippen molar-refractivity contribution in [2.45, 2.75) is 38.3 Å². The molecule has 7 heteroatoms. The normalized spacial score (nSPS) is 15.6. The number of halogens is 1. The van der Waals surface area contributed by atoms with Gasteiger partial charge >= 0.3 is 0 Å². The number of aromatic nitrogens is 4. The first kappa shape index (κ1) is 16.7. The lowest BCUT2D eigenvalue weighted by atomic mass is 9.77. The van der Waals surface area contributed by atoms with Crippen LogP contribution in [0.1, 0.15) is 36.3 Å². The first-order valence-electron chi connectivity index (χ1n) is 7.85. The molecule has 1 aliphatic carbocycles. The van der Waals surface area contributed by atoms with Crippen molar-refractivity contribution in [3.05, 3.63) is 53.6 Å². The summed E-state index contributed by atoms with van der Waals surface area (Å²) < 4.78 is 7.36. The Labute approximate surface area is 146 Å². The van der Waals surface area contributed by atoms with E-state index in [1.165, 1.54) is 5.56 Å². The first-order chi connectivity index (χ1) is 11.2. The molecule has 0 amide bonds. The lowest BCUT2D eigenvalue weighted by Crippen LogP contribution is -2.44. The van der Waals surface area contributed by atoms with Crippen molar-refractivity contribution in [1.82, 2.24) is 19.9 Å². The Morgan fingerprint density at radius 1 is 1.25 bits per heavy atom. The lowest BCUT2D eigenvalue weighted by Gasteiger charge is -2.34. The number of benzene rings is 1. The summed E-state index contributed by atoms with van der Waals surface area (Å²) in [5, 5.41) is 8.52. The van der Waals surface area contributed by atoms with Gasteiger partial charge in [0.05, 0.1) is 23.8 Å². The molecule has 0 radical (unpaired) electrons. The van der Waals surface area contributed by atoms with E-state index in [0.29, 0.717) is 18.3 Å². The van der Waals surface area contributed by atoms with Crippen LogP contribution >= 0.6 is 12.4 Å². The first-order valence-corrected chi connectivity index (χ1v) is 7.85. The maximum absolute atomic E-state index is 6.26. The summed E-state index contributed by atoms with van der Waals surface area (Å²) in [5.41, 5.74) is 8.92. The van der Waals surface area contributed by atoms with E-state index in [-0.39, 0.29) is 12.4 Å². The van der Waals surface area contributed by atoms with Crippen molar-refractivity contribution < 1.29 is 4.52 Å². The van der Waals surface area contributed by atoms with Gasteiger partial charge in [0.25, 0.3) is 5.89 Å². The fourth-order valence-electron chi connectivity index (χ4n) is 2.89. The Bertz CT molecular complexity index is 823. The van der Waals surface area contributed by atoms with Gasteiger partial charge in [-0.15, -0.1) is 12.4 Å². The van der Waals surface area contributed by atoms with Crippen molar-refractivity contribution >= 4 is 12.4 Å². The van der Waals surface area contributed by atoms with Crippen LogP contribution in [0.2, 0.25) is 0 Å². The van der Waals surface area contributed by atoms with Crippen LogP contribution in [0.25, 0.3) is 11.5 Å². The summed E-state index contributed by atoms with van der Waals surface area (Å²) in [7, 11) is 0. The second-order valence-electron chi connectivity index (χ2n) is 6.22. The Morgan fingerprint density at radius 3 is 2.67 bits per heavy atom. The fraction of sp³-hybridized carbons (Fsp3) is 0.353. The molecule has 0 atom stereocenters. The zero-order valence-corrected chi connectivity index (χ0v) is 14.3. The van der Waals surface area contributed by atoms with Crippen LogP contribution in [0.5, 0.6) is 0 Å². The fourth-order valence-corrected chi connectivity index (χ4v) is 2.89. The molecular formula is C17H20ClN5O. The van der Waals surface area contributed by atoms with Crippen molar-refractivity contribution in [2.75, 3.05) is 0 Å². The van der Waals surface area contributed by atoms with Crippen molar-refractivity contribution in [3.8, 4) is 11.5 Å². The molecule has 1 fully saturated rings. The van der Waals surface area contributed by atoms with Crippen LogP contribution in [0.15, 0.2) is 41.1 Å². The summed E-state index contributed by atoms with van der Waals surface area (Å²) in [5.74, 6) is 1.10. The molecule has 1 saturated carbocycles. The third kappa shape index (κ3) is 2.83. The van der Waals surface area contributed by atoms with Gasteiger partial charge in [-0.3, -0.25) is 4.68 Å². The molecule has 3 aromatic rings. The summed E-state index contributed by atoms with van der Waals surface area (Å²) >= 11 is 0. The average Bonchev–Trinajstić information content (AvgIpc) is 3.14. The predicted molar refractivity (Wildman–Crippen MR) is 92.8 cm³/mol. The minimum atomic E-state index is -0.407. The Hall–Kier alpha value is -2.18. The van der Waals surface area contributed by atoms with Crippen LogP contribution in [-0.4, -0.2) is 19.9 Å². The second kappa shape index (κ2) is 6.37. The third-order valence-corrected chi connectivity index (χ3v) is 4.63. The van der Waals surface area contributed by atoms with E-state index >= 15 is 0 Å². The highest BCUT2D eigenvalue weighted by Crippen LogP contribution is 2.37. The maximum Gasteiger partial charge on any atom is 0.261 e. The largest absolute Gasteiger partial charge is 0.334 e. The van der Waals surface area contributed by atoms with E-state index in [2.05, 4.69) is 27.4 Å². The number of nitrogens with zero attached hydrogens (tertiary/aromatic N) is 4. The van der Waals surface area contributed by atoms with Gasteiger partial charge in [0.15, 0.2) is 5.82 Å². The molecule has 24 heavy (non-hydrogen) atoms. The quantitative estimate of drug-likeness (QED) is 0.785. The van der Waals surface area contributed by atoms with Crippen molar-refractivity contribution in [2.24, 2.45) is 5.73 Å². The van der Waals surface area contributed by atoms with Crippen LogP contribution in [-0.2, 0) is 12.1 Å². The van der Waals surface area contributed by atoms with E-state index < -0.39 is 5.54 Å². The topological polar surface area (TPSA) is 82.8 Å². The molecule has 4 rings (SSSR count). The summed E-state index contributed by atoms with van der Waals surface area (Å²) in [6.45, 7) is 2.73. The molecule has 0 bridgehead atoms. The molecule has 0 spiro atoms. The van der Waals surface area contributed by atoms with Gasteiger partial charge in [-0.25, -0.2) is 0 Å². The van der Waals surface area contributed by atoms with Gasteiger partial charge in [-0.1, -0.05) is 35.5 Å². The molecule has 2 aromatic heterocycles. The van der Waals surface area contributed by atoms with Gasteiger partial charge in [-0.2, -0.15) is 10.1 Å². The van der Waals surface area contributed by atoms with Crippen LogP contribution < -0.4 is 5.73 Å². The van der Waals surface area contributed by atoms with Gasteiger partial charge < -0.3 is 10.3 Å². The molecule has 6 nitrogen and oxygen atoms in total. The highest BCUT2D eigenvalue weighted by atomic mass is 35.5. The summed E-state index contributed by atoms with van der Waals surface area (Å²) in [4.78, 5) is 4.50. The highest BCUT2D eigenvalue weighted by Gasteiger charge is 2.39. The smallest absolute Gasteiger partial charge is 0.261 e. The van der Waals surface area contributed by atoms with E-state index in [1.54, 1.807) is 6.20 Å². The molecule has 0 unspecified atom stereocenters.